The Labute approximate surface area is 245 Å². The molecule has 3 aromatic carbocycles. The van der Waals surface area contributed by atoms with Gasteiger partial charge in [-0.25, -0.2) is 8.42 Å². The lowest BCUT2D eigenvalue weighted by Crippen LogP contribution is -2.51. The summed E-state index contributed by atoms with van der Waals surface area (Å²) in [4.78, 5) is 28.1. The van der Waals surface area contributed by atoms with E-state index in [1.807, 2.05) is 30.3 Å². The highest BCUT2D eigenvalue weighted by Crippen LogP contribution is 2.37. The van der Waals surface area contributed by atoms with E-state index in [-0.39, 0.29) is 39.6 Å². The Kier molecular flexibility index (Phi) is 10.8. The fourth-order valence-electron chi connectivity index (χ4n) is 4.34. The van der Waals surface area contributed by atoms with Gasteiger partial charge in [-0.1, -0.05) is 48.9 Å². The van der Waals surface area contributed by atoms with Gasteiger partial charge in [0.15, 0.2) is 11.5 Å². The number of halogens is 1. The lowest BCUT2D eigenvalue weighted by Gasteiger charge is -2.33. The molecular weight excluding hydrogens is 570 g/mol. The Bertz CT molecular complexity index is 1470. The minimum absolute atomic E-state index is 0.0517. The van der Waals surface area contributed by atoms with Crippen molar-refractivity contribution in [1.29, 1.82) is 0 Å². The number of hydrogen-bond acceptors (Lipinski definition) is 7. The maximum Gasteiger partial charge on any atom is 0.265 e. The second-order valence-electron chi connectivity index (χ2n) is 8.89. The summed E-state index contributed by atoms with van der Waals surface area (Å²) >= 11 is 6.28. The topological polar surface area (TPSA) is 114 Å². The first-order chi connectivity index (χ1) is 19.6. The highest BCUT2D eigenvalue weighted by atomic mass is 35.5. The van der Waals surface area contributed by atoms with Crippen LogP contribution in [-0.2, 0) is 26.2 Å². The van der Waals surface area contributed by atoms with E-state index in [9.17, 15) is 18.0 Å². The summed E-state index contributed by atoms with van der Waals surface area (Å²) in [5.41, 5.74) is 0.827. The van der Waals surface area contributed by atoms with Crippen LogP contribution in [0.15, 0.2) is 71.6 Å². The summed E-state index contributed by atoms with van der Waals surface area (Å²) in [7, 11) is 1.29. The summed E-state index contributed by atoms with van der Waals surface area (Å²) in [5.74, 6) is -0.268. The number of anilines is 1. The van der Waals surface area contributed by atoms with Gasteiger partial charge in [0.1, 0.15) is 18.3 Å². The first-order valence-corrected chi connectivity index (χ1v) is 14.6. The van der Waals surface area contributed by atoms with E-state index in [0.29, 0.717) is 12.2 Å². The second-order valence-corrected chi connectivity index (χ2v) is 11.2. The fraction of sp³-hybridized carbons (Fsp3) is 0.310. The van der Waals surface area contributed by atoms with E-state index in [2.05, 4.69) is 5.32 Å². The molecule has 10 nitrogen and oxygen atoms in total. The quantitative estimate of drug-likeness (QED) is 0.313. The molecule has 0 saturated carbocycles. The summed E-state index contributed by atoms with van der Waals surface area (Å²) < 4.78 is 45.4. The van der Waals surface area contributed by atoms with Crippen molar-refractivity contribution in [1.82, 2.24) is 10.2 Å². The molecule has 12 heteroatoms. The molecule has 0 aliphatic heterocycles. The van der Waals surface area contributed by atoms with E-state index in [1.165, 1.54) is 63.6 Å². The van der Waals surface area contributed by atoms with Crippen molar-refractivity contribution in [2.24, 2.45) is 0 Å². The smallest absolute Gasteiger partial charge is 0.265 e. The SMILES string of the molecule is CCC(C(=O)NC)N(Cc1ccccc1)C(=O)CN(c1cc(Cl)ccc1OC)S(=O)(=O)c1ccc(OC)c(OC)c1. The maximum absolute atomic E-state index is 14.2. The largest absolute Gasteiger partial charge is 0.495 e. The molecule has 0 radical (unpaired) electrons. The zero-order valence-electron chi connectivity index (χ0n) is 23.6. The van der Waals surface area contributed by atoms with Crippen LogP contribution in [-0.4, -0.2) is 66.1 Å². The van der Waals surface area contributed by atoms with E-state index in [0.717, 1.165) is 9.87 Å². The Balaban J connectivity index is 2.17. The summed E-state index contributed by atoms with van der Waals surface area (Å²) in [6.45, 7) is 1.22. The van der Waals surface area contributed by atoms with Gasteiger partial charge in [0.25, 0.3) is 10.0 Å². The fourth-order valence-corrected chi connectivity index (χ4v) is 5.94. The first kappa shape index (κ1) is 31.6. The minimum Gasteiger partial charge on any atom is -0.495 e. The van der Waals surface area contributed by atoms with Gasteiger partial charge in [0, 0.05) is 24.7 Å². The number of methoxy groups -OCH3 is 3. The number of carbonyl (C=O) groups is 2. The van der Waals surface area contributed by atoms with Gasteiger partial charge in [0.2, 0.25) is 11.8 Å². The molecule has 0 bridgehead atoms. The van der Waals surface area contributed by atoms with Gasteiger partial charge in [-0.2, -0.15) is 0 Å². The van der Waals surface area contributed by atoms with Crippen LogP contribution in [0, 0.1) is 0 Å². The standard InChI is InChI=1S/C29H34ClN3O7S/c1-6-23(29(35)31-2)32(18-20-10-8-7-9-11-20)28(34)19-33(24-16-21(30)12-14-25(24)38-3)41(36,37)22-13-15-26(39-4)27(17-22)40-5/h7-17,23H,6,18-19H2,1-5H3,(H,31,35). The number of nitrogens with zero attached hydrogens (tertiary/aromatic N) is 2. The molecule has 41 heavy (non-hydrogen) atoms. The molecule has 2 amide bonds. The monoisotopic (exact) mass is 603 g/mol. The van der Waals surface area contributed by atoms with Gasteiger partial charge >= 0.3 is 0 Å². The third kappa shape index (κ3) is 7.22. The number of likely N-dealkylation sites (N-methyl/N-ethyl adjacent to an activating group) is 1. The second kappa shape index (κ2) is 14.1. The third-order valence-electron chi connectivity index (χ3n) is 6.46. The van der Waals surface area contributed by atoms with Crippen LogP contribution in [0.2, 0.25) is 5.02 Å². The highest BCUT2D eigenvalue weighted by molar-refractivity contribution is 7.92. The zero-order chi connectivity index (χ0) is 30.2. The highest BCUT2D eigenvalue weighted by Gasteiger charge is 2.35. The molecule has 0 aliphatic rings. The number of carbonyl (C=O) groups excluding carboxylic acids is 2. The van der Waals surface area contributed by atoms with E-state index in [4.69, 9.17) is 25.8 Å². The summed E-state index contributed by atoms with van der Waals surface area (Å²) in [5, 5.41) is 2.83. The molecular formula is C29H34ClN3O7S. The van der Waals surface area contributed by atoms with Crippen LogP contribution >= 0.6 is 11.6 Å². The van der Waals surface area contributed by atoms with Gasteiger partial charge in [-0.3, -0.25) is 13.9 Å². The summed E-state index contributed by atoms with van der Waals surface area (Å²) in [6, 6.07) is 16.9. The Morgan fingerprint density at radius 1 is 0.902 bits per heavy atom. The van der Waals surface area contributed by atoms with Crippen molar-refractivity contribution in [3.05, 3.63) is 77.3 Å². The average Bonchev–Trinajstić information content (AvgIpc) is 2.99. The third-order valence-corrected chi connectivity index (χ3v) is 8.45. The normalized spacial score (nSPS) is 11.8. The lowest BCUT2D eigenvalue weighted by atomic mass is 10.1. The number of ether oxygens (including phenoxy) is 3. The van der Waals surface area contributed by atoms with Crippen molar-refractivity contribution in [3.63, 3.8) is 0 Å². The number of amides is 2. The number of nitrogens with one attached hydrogen (secondary N) is 1. The molecule has 0 spiro atoms. The van der Waals surface area contributed by atoms with Gasteiger partial charge in [-0.15, -0.1) is 0 Å². The van der Waals surface area contributed by atoms with Gasteiger partial charge in [-0.05, 0) is 42.3 Å². The molecule has 0 aliphatic carbocycles. The number of sulfonamides is 1. The van der Waals surface area contributed by atoms with Crippen LogP contribution in [0.25, 0.3) is 0 Å². The Hall–Kier alpha value is -3.96. The molecule has 1 unspecified atom stereocenters. The molecule has 3 aromatic rings. The van der Waals surface area contributed by atoms with Crippen molar-refractivity contribution in [2.75, 3.05) is 39.2 Å². The number of benzene rings is 3. The van der Waals surface area contributed by atoms with Crippen molar-refractivity contribution in [3.8, 4) is 17.2 Å². The van der Waals surface area contributed by atoms with Crippen LogP contribution in [0.1, 0.15) is 18.9 Å². The maximum atomic E-state index is 14.2. The van der Waals surface area contributed by atoms with Gasteiger partial charge in [0.05, 0.1) is 31.9 Å². The number of hydrogen-bond donors (Lipinski definition) is 1. The predicted octanol–water partition coefficient (Wildman–Crippen LogP) is 4.11. The van der Waals surface area contributed by atoms with E-state index < -0.39 is 28.5 Å². The van der Waals surface area contributed by atoms with Crippen molar-refractivity contribution >= 4 is 39.1 Å². The predicted molar refractivity (Wildman–Crippen MR) is 157 cm³/mol. The Morgan fingerprint density at radius 3 is 2.12 bits per heavy atom. The minimum atomic E-state index is -4.41. The molecule has 220 valence electrons. The molecule has 0 fully saturated rings. The van der Waals surface area contributed by atoms with Crippen LogP contribution < -0.4 is 23.8 Å². The van der Waals surface area contributed by atoms with Crippen molar-refractivity contribution < 1.29 is 32.2 Å². The van der Waals surface area contributed by atoms with Crippen molar-refractivity contribution in [2.45, 2.75) is 30.8 Å². The summed E-state index contributed by atoms with van der Waals surface area (Å²) in [6.07, 6.45) is 0.307. The van der Waals surface area contributed by atoms with Crippen LogP contribution in [0.4, 0.5) is 5.69 Å². The van der Waals surface area contributed by atoms with Gasteiger partial charge < -0.3 is 24.4 Å². The molecule has 0 saturated heterocycles. The van der Waals surface area contributed by atoms with Crippen LogP contribution in [0.5, 0.6) is 17.2 Å². The lowest BCUT2D eigenvalue weighted by molar-refractivity contribution is -0.140. The number of rotatable bonds is 13. The first-order valence-electron chi connectivity index (χ1n) is 12.7. The molecule has 0 heterocycles. The molecule has 0 aromatic heterocycles. The Morgan fingerprint density at radius 2 is 1.54 bits per heavy atom. The molecule has 1 atom stereocenters. The zero-order valence-corrected chi connectivity index (χ0v) is 25.2. The molecule has 1 N–H and O–H groups in total. The average molecular weight is 604 g/mol. The molecule has 3 rings (SSSR count). The van der Waals surface area contributed by atoms with E-state index >= 15 is 0 Å². The van der Waals surface area contributed by atoms with Crippen LogP contribution in [0.3, 0.4) is 0 Å². The van der Waals surface area contributed by atoms with E-state index in [1.54, 1.807) is 13.0 Å².